The standard InChI is InChI=1S/C20H24N4O/c1-21-18(25)13-15-14-20(17-6-3-2-5-16(15)17)7-11-24(12-8-20)19-22-9-4-10-23-19/h2-6,9-10,15H,7-8,11-14H2,1H3,(H,21,25)/t15-/m1/s1. The fourth-order valence-corrected chi connectivity index (χ4v) is 4.60. The van der Waals surface area contributed by atoms with E-state index in [4.69, 9.17) is 0 Å². The van der Waals surface area contributed by atoms with E-state index in [1.165, 1.54) is 11.1 Å². The lowest BCUT2D eigenvalue weighted by Crippen LogP contribution is -2.42. The van der Waals surface area contributed by atoms with E-state index in [0.717, 1.165) is 38.3 Å². The third-order valence-electron chi connectivity index (χ3n) is 5.88. The first-order valence-corrected chi connectivity index (χ1v) is 9.04. The van der Waals surface area contributed by atoms with E-state index < -0.39 is 0 Å². The average molecular weight is 336 g/mol. The molecule has 1 atom stereocenters. The molecular weight excluding hydrogens is 312 g/mol. The van der Waals surface area contributed by atoms with Crippen LogP contribution in [0.25, 0.3) is 0 Å². The van der Waals surface area contributed by atoms with Crippen LogP contribution in [0.1, 0.15) is 42.7 Å². The largest absolute Gasteiger partial charge is 0.359 e. The van der Waals surface area contributed by atoms with Gasteiger partial charge in [-0.15, -0.1) is 0 Å². The summed E-state index contributed by atoms with van der Waals surface area (Å²) >= 11 is 0. The molecular formula is C20H24N4O. The van der Waals surface area contributed by atoms with Crippen LogP contribution in [0.3, 0.4) is 0 Å². The Balaban J connectivity index is 1.56. The van der Waals surface area contributed by atoms with Crippen molar-refractivity contribution in [3.8, 4) is 0 Å². The van der Waals surface area contributed by atoms with Crippen molar-refractivity contribution in [2.24, 2.45) is 0 Å². The van der Waals surface area contributed by atoms with Gasteiger partial charge in [-0.2, -0.15) is 0 Å². The molecule has 5 nitrogen and oxygen atoms in total. The number of fused-ring (bicyclic) bond motifs is 2. The molecule has 2 aliphatic rings. The summed E-state index contributed by atoms with van der Waals surface area (Å²) < 4.78 is 0. The second kappa shape index (κ2) is 6.47. The van der Waals surface area contributed by atoms with E-state index in [1.54, 1.807) is 19.4 Å². The number of benzene rings is 1. The zero-order chi connectivity index (χ0) is 17.3. The number of carbonyl (C=O) groups excluding carboxylic acids is 1. The normalized spacial score (nSPS) is 21.2. The number of nitrogens with one attached hydrogen (secondary N) is 1. The summed E-state index contributed by atoms with van der Waals surface area (Å²) in [5, 5.41) is 2.78. The minimum atomic E-state index is 0.131. The van der Waals surface area contributed by atoms with Gasteiger partial charge in [-0.1, -0.05) is 24.3 Å². The summed E-state index contributed by atoms with van der Waals surface area (Å²) in [6.45, 7) is 1.93. The third kappa shape index (κ3) is 2.88. The van der Waals surface area contributed by atoms with Crippen molar-refractivity contribution >= 4 is 11.9 Å². The Bertz CT molecular complexity index is 753. The highest BCUT2D eigenvalue weighted by molar-refractivity contribution is 5.77. The van der Waals surface area contributed by atoms with Gasteiger partial charge >= 0.3 is 0 Å². The maximum Gasteiger partial charge on any atom is 0.225 e. The molecule has 0 unspecified atom stereocenters. The third-order valence-corrected chi connectivity index (χ3v) is 5.88. The number of piperidine rings is 1. The van der Waals surface area contributed by atoms with Crippen LogP contribution in [0.5, 0.6) is 0 Å². The van der Waals surface area contributed by atoms with E-state index >= 15 is 0 Å². The van der Waals surface area contributed by atoms with Gasteiger partial charge in [0.2, 0.25) is 11.9 Å². The zero-order valence-corrected chi connectivity index (χ0v) is 14.6. The van der Waals surface area contributed by atoms with Crippen LogP contribution in [0.15, 0.2) is 42.7 Å². The highest BCUT2D eigenvalue weighted by Gasteiger charge is 2.45. The van der Waals surface area contributed by atoms with E-state index in [1.807, 2.05) is 6.07 Å². The number of anilines is 1. The molecule has 0 saturated carbocycles. The number of aromatic nitrogens is 2. The Kier molecular flexibility index (Phi) is 4.15. The molecule has 1 aliphatic carbocycles. The zero-order valence-electron chi connectivity index (χ0n) is 14.6. The van der Waals surface area contributed by atoms with Crippen molar-refractivity contribution in [3.63, 3.8) is 0 Å². The van der Waals surface area contributed by atoms with Crippen molar-refractivity contribution in [2.45, 2.75) is 37.0 Å². The molecule has 0 radical (unpaired) electrons. The first-order valence-electron chi connectivity index (χ1n) is 9.04. The number of rotatable bonds is 3. The number of nitrogens with zero attached hydrogens (tertiary/aromatic N) is 3. The maximum absolute atomic E-state index is 11.9. The Morgan fingerprint density at radius 1 is 1.20 bits per heavy atom. The molecule has 1 amide bonds. The van der Waals surface area contributed by atoms with Gasteiger partial charge in [0.25, 0.3) is 0 Å². The number of carbonyl (C=O) groups is 1. The molecule has 130 valence electrons. The van der Waals surface area contributed by atoms with Gasteiger partial charge in [0.15, 0.2) is 0 Å². The Morgan fingerprint density at radius 3 is 2.64 bits per heavy atom. The SMILES string of the molecule is CNC(=O)C[C@@H]1CC2(CCN(c3ncccn3)CC2)c2ccccc21. The summed E-state index contributed by atoms with van der Waals surface area (Å²) in [7, 11) is 1.72. The predicted molar refractivity (Wildman–Crippen MR) is 97.6 cm³/mol. The number of hydrogen-bond acceptors (Lipinski definition) is 4. The summed E-state index contributed by atoms with van der Waals surface area (Å²) in [4.78, 5) is 23.0. The van der Waals surface area contributed by atoms with Crippen molar-refractivity contribution in [1.29, 1.82) is 0 Å². The molecule has 4 rings (SSSR count). The Hall–Kier alpha value is -2.43. The van der Waals surface area contributed by atoms with Crippen molar-refractivity contribution in [3.05, 3.63) is 53.9 Å². The molecule has 2 heterocycles. The van der Waals surface area contributed by atoms with Gasteiger partial charge in [0.05, 0.1) is 0 Å². The molecule has 1 aliphatic heterocycles. The fraction of sp³-hybridized carbons (Fsp3) is 0.450. The number of amides is 1. The number of hydrogen-bond donors (Lipinski definition) is 1. The lowest BCUT2D eigenvalue weighted by Gasteiger charge is -2.40. The Morgan fingerprint density at radius 2 is 1.92 bits per heavy atom. The van der Waals surface area contributed by atoms with E-state index in [-0.39, 0.29) is 11.3 Å². The smallest absolute Gasteiger partial charge is 0.225 e. The van der Waals surface area contributed by atoms with Crippen LogP contribution in [0.2, 0.25) is 0 Å². The molecule has 1 saturated heterocycles. The van der Waals surface area contributed by atoms with Gasteiger partial charge in [-0.25, -0.2) is 9.97 Å². The molecule has 1 N–H and O–H groups in total. The van der Waals surface area contributed by atoms with Gasteiger partial charge in [-0.05, 0) is 47.8 Å². The first-order chi connectivity index (χ1) is 12.2. The molecule has 0 bridgehead atoms. The average Bonchev–Trinajstić information content (AvgIpc) is 2.96. The minimum Gasteiger partial charge on any atom is -0.359 e. The van der Waals surface area contributed by atoms with Crippen LogP contribution in [0.4, 0.5) is 5.95 Å². The Labute approximate surface area is 148 Å². The topological polar surface area (TPSA) is 58.1 Å². The van der Waals surface area contributed by atoms with Crippen molar-refractivity contribution in [2.75, 3.05) is 25.0 Å². The molecule has 1 aromatic heterocycles. The fourth-order valence-electron chi connectivity index (χ4n) is 4.60. The maximum atomic E-state index is 11.9. The monoisotopic (exact) mass is 336 g/mol. The molecule has 1 spiro atoms. The molecule has 2 aromatic rings. The first kappa shape index (κ1) is 16.1. The van der Waals surface area contributed by atoms with Crippen molar-refractivity contribution < 1.29 is 4.79 Å². The van der Waals surface area contributed by atoms with E-state index in [9.17, 15) is 4.79 Å². The summed E-state index contributed by atoms with van der Waals surface area (Å²) in [5.74, 6) is 1.29. The molecule has 5 heteroatoms. The van der Waals surface area contributed by atoms with Crippen LogP contribution in [-0.4, -0.2) is 36.0 Å². The van der Waals surface area contributed by atoms with E-state index in [0.29, 0.717) is 12.3 Å². The van der Waals surface area contributed by atoms with Crippen LogP contribution in [0, 0.1) is 0 Å². The van der Waals surface area contributed by atoms with Crippen LogP contribution in [-0.2, 0) is 10.2 Å². The summed E-state index contributed by atoms with van der Waals surface area (Å²) in [6.07, 6.45) is 7.44. The van der Waals surface area contributed by atoms with Gasteiger partial charge in [0, 0.05) is 39.0 Å². The predicted octanol–water partition coefficient (Wildman–Crippen LogP) is 2.64. The highest BCUT2D eigenvalue weighted by Crippen LogP contribution is 2.52. The van der Waals surface area contributed by atoms with Gasteiger partial charge in [-0.3, -0.25) is 4.79 Å². The minimum absolute atomic E-state index is 0.131. The van der Waals surface area contributed by atoms with Crippen molar-refractivity contribution in [1.82, 2.24) is 15.3 Å². The molecule has 1 fully saturated rings. The van der Waals surface area contributed by atoms with E-state index in [2.05, 4.69) is 44.5 Å². The second-order valence-corrected chi connectivity index (χ2v) is 7.18. The molecule has 25 heavy (non-hydrogen) atoms. The lowest BCUT2D eigenvalue weighted by molar-refractivity contribution is -0.121. The summed E-state index contributed by atoms with van der Waals surface area (Å²) in [6, 6.07) is 10.6. The second-order valence-electron chi connectivity index (χ2n) is 7.18. The highest BCUT2D eigenvalue weighted by atomic mass is 16.1. The summed E-state index contributed by atoms with van der Waals surface area (Å²) in [5.41, 5.74) is 3.02. The van der Waals surface area contributed by atoms with Gasteiger partial charge < -0.3 is 10.2 Å². The van der Waals surface area contributed by atoms with Crippen LogP contribution < -0.4 is 10.2 Å². The van der Waals surface area contributed by atoms with Crippen LogP contribution >= 0.6 is 0 Å². The quantitative estimate of drug-likeness (QED) is 0.936. The molecule has 1 aromatic carbocycles. The lowest BCUT2D eigenvalue weighted by atomic mass is 9.73. The van der Waals surface area contributed by atoms with Gasteiger partial charge in [0.1, 0.15) is 0 Å².